The molecule has 0 spiro atoms. The Labute approximate surface area is 96.6 Å². The van der Waals surface area contributed by atoms with Crippen molar-refractivity contribution in [3.63, 3.8) is 0 Å². The summed E-state index contributed by atoms with van der Waals surface area (Å²) in [4.78, 5) is 13.5. The fraction of sp³-hybridized carbons (Fsp3) is 0.200. The standard InChI is InChI=1S/C10H10N4O3/c1-17-8-4-2-7(3-5-8)6-9-11-10(13-12-9)14(15)16/h2-5H,6H2,1H3,(H,11,12,13). The summed E-state index contributed by atoms with van der Waals surface area (Å²) in [5, 5.41) is 16.4. The highest BCUT2D eigenvalue weighted by atomic mass is 16.6. The van der Waals surface area contributed by atoms with E-state index in [0.29, 0.717) is 12.2 Å². The Morgan fingerprint density at radius 2 is 2.12 bits per heavy atom. The molecule has 0 bridgehead atoms. The maximum Gasteiger partial charge on any atom is 0.453 e. The van der Waals surface area contributed by atoms with Crippen LogP contribution in [0.4, 0.5) is 5.95 Å². The maximum atomic E-state index is 10.4. The second-order valence-electron chi connectivity index (χ2n) is 3.36. The number of benzene rings is 1. The first kappa shape index (κ1) is 11.1. The molecule has 0 atom stereocenters. The highest BCUT2D eigenvalue weighted by Gasteiger charge is 2.13. The minimum atomic E-state index is -0.607. The van der Waals surface area contributed by atoms with Gasteiger partial charge in [0.1, 0.15) is 5.75 Å². The van der Waals surface area contributed by atoms with Crippen molar-refractivity contribution in [3.05, 3.63) is 45.8 Å². The maximum absolute atomic E-state index is 10.4. The Balaban J connectivity index is 2.11. The number of ether oxygens (including phenoxy) is 1. The van der Waals surface area contributed by atoms with E-state index >= 15 is 0 Å². The Morgan fingerprint density at radius 1 is 1.41 bits per heavy atom. The van der Waals surface area contributed by atoms with Crippen LogP contribution in [-0.2, 0) is 6.42 Å². The van der Waals surface area contributed by atoms with Crippen LogP contribution in [0.2, 0.25) is 0 Å². The van der Waals surface area contributed by atoms with E-state index < -0.39 is 4.92 Å². The molecule has 7 heteroatoms. The monoisotopic (exact) mass is 234 g/mol. The lowest BCUT2D eigenvalue weighted by Crippen LogP contribution is -1.92. The van der Waals surface area contributed by atoms with E-state index in [0.717, 1.165) is 11.3 Å². The lowest BCUT2D eigenvalue weighted by molar-refractivity contribution is -0.394. The molecule has 88 valence electrons. The molecule has 0 aliphatic heterocycles. The summed E-state index contributed by atoms with van der Waals surface area (Å²) in [5.41, 5.74) is 0.958. The van der Waals surface area contributed by atoms with Gasteiger partial charge in [-0.1, -0.05) is 17.2 Å². The van der Waals surface area contributed by atoms with Crippen LogP contribution in [0.15, 0.2) is 24.3 Å². The van der Waals surface area contributed by atoms with Crippen LogP contribution < -0.4 is 4.74 Å². The van der Waals surface area contributed by atoms with Crippen LogP contribution in [0.25, 0.3) is 0 Å². The predicted octanol–water partition coefficient (Wildman–Crippen LogP) is 1.31. The molecule has 0 amide bonds. The number of nitrogens with zero attached hydrogens (tertiary/aromatic N) is 3. The van der Waals surface area contributed by atoms with Gasteiger partial charge in [0.2, 0.25) is 5.82 Å². The Kier molecular flexibility index (Phi) is 2.99. The molecule has 1 aromatic heterocycles. The summed E-state index contributed by atoms with van der Waals surface area (Å²) < 4.78 is 5.03. The number of nitrogens with one attached hydrogen (secondary N) is 1. The van der Waals surface area contributed by atoms with Gasteiger partial charge in [-0.15, -0.1) is 5.10 Å². The molecule has 0 saturated carbocycles. The van der Waals surface area contributed by atoms with Gasteiger partial charge in [-0.3, -0.25) is 0 Å². The lowest BCUT2D eigenvalue weighted by atomic mass is 10.1. The zero-order valence-corrected chi connectivity index (χ0v) is 9.08. The van der Waals surface area contributed by atoms with Gasteiger partial charge in [0.15, 0.2) is 0 Å². The largest absolute Gasteiger partial charge is 0.497 e. The third kappa shape index (κ3) is 2.57. The average Bonchev–Trinajstić information content (AvgIpc) is 2.79. The number of H-pyrrole nitrogens is 1. The Bertz CT molecular complexity index is 521. The molecule has 1 aromatic carbocycles. The van der Waals surface area contributed by atoms with Crippen LogP contribution in [-0.4, -0.2) is 27.2 Å². The van der Waals surface area contributed by atoms with E-state index in [1.807, 2.05) is 24.3 Å². The highest BCUT2D eigenvalue weighted by molar-refractivity contribution is 5.28. The summed E-state index contributed by atoms with van der Waals surface area (Å²) in [5.74, 6) is 0.810. The molecule has 1 heterocycles. The molecule has 0 aliphatic carbocycles. The molecule has 2 aromatic rings. The number of aromatic amines is 1. The minimum absolute atomic E-state index is 0.339. The average molecular weight is 234 g/mol. The van der Waals surface area contributed by atoms with Gasteiger partial charge in [-0.25, -0.2) is 0 Å². The molecular formula is C10H10N4O3. The van der Waals surface area contributed by atoms with Crippen molar-refractivity contribution in [1.29, 1.82) is 0 Å². The fourth-order valence-electron chi connectivity index (χ4n) is 1.37. The molecule has 1 N–H and O–H groups in total. The number of hydrogen-bond donors (Lipinski definition) is 1. The van der Waals surface area contributed by atoms with Crippen molar-refractivity contribution in [2.45, 2.75) is 6.42 Å². The van der Waals surface area contributed by atoms with Gasteiger partial charge in [-0.2, -0.15) is 0 Å². The normalized spacial score (nSPS) is 10.2. The molecule has 0 radical (unpaired) electrons. The van der Waals surface area contributed by atoms with Crippen LogP contribution in [0.5, 0.6) is 5.75 Å². The van der Waals surface area contributed by atoms with Crippen LogP contribution in [0, 0.1) is 10.1 Å². The molecule has 0 aliphatic rings. The van der Waals surface area contributed by atoms with Crippen molar-refractivity contribution >= 4 is 5.95 Å². The minimum Gasteiger partial charge on any atom is -0.497 e. The van der Waals surface area contributed by atoms with Crippen LogP contribution in [0.3, 0.4) is 0 Å². The predicted molar refractivity (Wildman–Crippen MR) is 58.8 cm³/mol. The summed E-state index contributed by atoms with van der Waals surface area (Å²) >= 11 is 0. The third-order valence-corrected chi connectivity index (χ3v) is 2.21. The van der Waals surface area contributed by atoms with E-state index in [4.69, 9.17) is 4.74 Å². The Hall–Kier alpha value is -2.44. The summed E-state index contributed by atoms with van der Waals surface area (Å²) in [7, 11) is 1.59. The van der Waals surface area contributed by atoms with E-state index in [2.05, 4.69) is 15.2 Å². The van der Waals surface area contributed by atoms with E-state index in [9.17, 15) is 10.1 Å². The number of methoxy groups -OCH3 is 1. The van der Waals surface area contributed by atoms with E-state index in [1.165, 1.54) is 0 Å². The topological polar surface area (TPSA) is 93.9 Å². The quantitative estimate of drug-likeness (QED) is 0.635. The van der Waals surface area contributed by atoms with Crippen LogP contribution in [0.1, 0.15) is 11.4 Å². The molecule has 0 fully saturated rings. The van der Waals surface area contributed by atoms with E-state index in [1.54, 1.807) is 7.11 Å². The molecule has 17 heavy (non-hydrogen) atoms. The molecule has 0 saturated heterocycles. The van der Waals surface area contributed by atoms with Crippen LogP contribution >= 0.6 is 0 Å². The second kappa shape index (κ2) is 4.60. The van der Waals surface area contributed by atoms with Gasteiger partial charge < -0.3 is 14.9 Å². The number of aromatic nitrogens is 3. The fourth-order valence-corrected chi connectivity index (χ4v) is 1.37. The molecule has 7 nitrogen and oxygen atoms in total. The number of nitro groups is 1. The summed E-state index contributed by atoms with van der Waals surface area (Å²) in [6.07, 6.45) is 0.439. The van der Waals surface area contributed by atoms with Gasteiger partial charge in [0.05, 0.1) is 13.5 Å². The second-order valence-corrected chi connectivity index (χ2v) is 3.36. The number of hydrogen-bond acceptors (Lipinski definition) is 5. The van der Waals surface area contributed by atoms with Crippen molar-refractivity contribution in [2.75, 3.05) is 7.11 Å². The first-order valence-electron chi connectivity index (χ1n) is 4.87. The van der Waals surface area contributed by atoms with Gasteiger partial charge >= 0.3 is 5.95 Å². The lowest BCUT2D eigenvalue weighted by Gasteiger charge is -1.99. The van der Waals surface area contributed by atoms with Crippen molar-refractivity contribution < 1.29 is 9.66 Å². The highest BCUT2D eigenvalue weighted by Crippen LogP contribution is 2.14. The molecular weight excluding hydrogens is 224 g/mol. The third-order valence-electron chi connectivity index (χ3n) is 2.21. The first-order valence-corrected chi connectivity index (χ1v) is 4.87. The zero-order chi connectivity index (χ0) is 12.3. The summed E-state index contributed by atoms with van der Waals surface area (Å²) in [6.45, 7) is 0. The van der Waals surface area contributed by atoms with Crippen molar-refractivity contribution in [2.24, 2.45) is 0 Å². The summed E-state index contributed by atoms with van der Waals surface area (Å²) in [6, 6.07) is 7.36. The van der Waals surface area contributed by atoms with Gasteiger partial charge in [0.25, 0.3) is 0 Å². The van der Waals surface area contributed by atoms with Crippen molar-refractivity contribution in [1.82, 2.24) is 15.2 Å². The smallest absolute Gasteiger partial charge is 0.453 e. The van der Waals surface area contributed by atoms with Gasteiger partial charge in [-0.05, 0) is 27.6 Å². The van der Waals surface area contributed by atoms with E-state index in [-0.39, 0.29) is 5.95 Å². The molecule has 0 unspecified atom stereocenters. The van der Waals surface area contributed by atoms with Gasteiger partial charge in [0, 0.05) is 0 Å². The molecule has 2 rings (SSSR count). The zero-order valence-electron chi connectivity index (χ0n) is 9.08. The van der Waals surface area contributed by atoms with Crippen molar-refractivity contribution in [3.8, 4) is 5.75 Å². The first-order chi connectivity index (χ1) is 8.19. The number of rotatable bonds is 4. The SMILES string of the molecule is COc1ccc(Cc2n[nH]c([N+](=O)[O-])n2)cc1. The Morgan fingerprint density at radius 3 is 2.65 bits per heavy atom.